The Labute approximate surface area is 231 Å². The van der Waals surface area contributed by atoms with Gasteiger partial charge in [-0.15, -0.1) is 0 Å². The Morgan fingerprint density at radius 1 is 0.975 bits per heavy atom. The van der Waals surface area contributed by atoms with Gasteiger partial charge in [0, 0.05) is 11.8 Å². The van der Waals surface area contributed by atoms with Crippen molar-refractivity contribution in [2.24, 2.45) is 0 Å². The summed E-state index contributed by atoms with van der Waals surface area (Å²) in [5.41, 5.74) is 2.15. The van der Waals surface area contributed by atoms with Crippen LogP contribution in [0.1, 0.15) is 24.5 Å². The van der Waals surface area contributed by atoms with E-state index >= 15 is 0 Å². The maximum atomic E-state index is 13.3. The van der Waals surface area contributed by atoms with E-state index in [9.17, 15) is 19.2 Å². The fraction of sp³-hybridized carbons (Fsp3) is 0.200. The van der Waals surface area contributed by atoms with Crippen LogP contribution in [-0.2, 0) is 14.4 Å². The Morgan fingerprint density at radius 2 is 1.75 bits per heavy atom. The first-order chi connectivity index (χ1) is 19.3. The van der Waals surface area contributed by atoms with Gasteiger partial charge in [0.25, 0.3) is 17.7 Å². The molecule has 3 aromatic rings. The van der Waals surface area contributed by atoms with Crippen LogP contribution >= 0.6 is 0 Å². The molecule has 0 aromatic heterocycles. The molecule has 1 aliphatic rings. The molecule has 0 radical (unpaired) electrons. The molecule has 1 fully saturated rings. The Hall–Kier alpha value is -5.12. The van der Waals surface area contributed by atoms with E-state index in [-0.39, 0.29) is 23.8 Å². The zero-order valence-electron chi connectivity index (χ0n) is 22.4. The minimum absolute atomic E-state index is 0.207. The first kappa shape index (κ1) is 27.9. The van der Waals surface area contributed by atoms with E-state index in [0.29, 0.717) is 35.1 Å². The molecule has 40 heavy (non-hydrogen) atoms. The second-order valence-electron chi connectivity index (χ2n) is 8.92. The summed E-state index contributed by atoms with van der Waals surface area (Å²) in [4.78, 5) is 51.7. The molecule has 10 heteroatoms. The van der Waals surface area contributed by atoms with Gasteiger partial charge in [-0.25, -0.2) is 9.69 Å². The first-order valence-electron chi connectivity index (χ1n) is 12.6. The minimum atomic E-state index is -0.881. The number of nitrogens with zero attached hydrogens (tertiary/aromatic N) is 1. The molecule has 0 bridgehead atoms. The van der Waals surface area contributed by atoms with E-state index in [1.807, 2.05) is 26.0 Å². The van der Waals surface area contributed by atoms with Crippen molar-refractivity contribution in [2.45, 2.75) is 20.3 Å². The highest BCUT2D eigenvalue weighted by molar-refractivity contribution is 6.39. The van der Waals surface area contributed by atoms with E-state index in [1.165, 1.54) is 25.3 Å². The molecule has 0 atom stereocenters. The van der Waals surface area contributed by atoms with Crippen molar-refractivity contribution in [1.82, 2.24) is 5.32 Å². The molecule has 1 heterocycles. The molecule has 0 aliphatic carbocycles. The van der Waals surface area contributed by atoms with Gasteiger partial charge in [0.2, 0.25) is 0 Å². The zero-order chi connectivity index (χ0) is 28.6. The van der Waals surface area contributed by atoms with Crippen LogP contribution in [0.3, 0.4) is 0 Å². The Balaban J connectivity index is 1.50. The van der Waals surface area contributed by atoms with Crippen LogP contribution in [0.15, 0.2) is 72.3 Å². The number of aryl methyl sites for hydroxylation is 1. The summed E-state index contributed by atoms with van der Waals surface area (Å²) in [6.45, 7) is 4.15. The normalized spacial score (nSPS) is 14.1. The number of carbonyl (C=O) groups excluding carboxylic acids is 4. The smallest absolute Gasteiger partial charge is 0.335 e. The second-order valence-corrected chi connectivity index (χ2v) is 8.92. The summed E-state index contributed by atoms with van der Waals surface area (Å²) < 4.78 is 16.6. The number of amides is 5. The quantitative estimate of drug-likeness (QED) is 0.286. The Bertz CT molecular complexity index is 1460. The fourth-order valence-corrected chi connectivity index (χ4v) is 3.86. The predicted molar refractivity (Wildman–Crippen MR) is 150 cm³/mol. The molecule has 1 aliphatic heterocycles. The van der Waals surface area contributed by atoms with Crippen LogP contribution in [-0.4, -0.2) is 44.1 Å². The average molecular weight is 544 g/mol. The Morgan fingerprint density at radius 3 is 2.48 bits per heavy atom. The van der Waals surface area contributed by atoms with Gasteiger partial charge in [-0.2, -0.15) is 0 Å². The predicted octanol–water partition coefficient (Wildman–Crippen LogP) is 4.48. The molecule has 206 valence electrons. The summed E-state index contributed by atoms with van der Waals surface area (Å²) in [6.07, 6.45) is 2.15. The topological polar surface area (TPSA) is 123 Å². The number of hydrogen-bond acceptors (Lipinski definition) is 7. The van der Waals surface area contributed by atoms with Crippen LogP contribution in [0.5, 0.6) is 17.2 Å². The molecule has 1 saturated heterocycles. The average Bonchev–Trinajstić information content (AvgIpc) is 2.94. The maximum absolute atomic E-state index is 13.3. The van der Waals surface area contributed by atoms with Gasteiger partial charge in [0.15, 0.2) is 18.1 Å². The van der Waals surface area contributed by atoms with E-state index in [2.05, 4.69) is 10.6 Å². The SMILES string of the molecule is CCCOc1ccc(N2C(=O)NC(=O)/C(=C/c3cccc(OCC(=O)Nc4ccc(C)cc4)c3)C2=O)cc1OC. The molecule has 5 amide bonds. The molecule has 0 spiro atoms. The number of carbonyl (C=O) groups is 4. The molecular weight excluding hydrogens is 514 g/mol. The molecule has 2 N–H and O–H groups in total. The van der Waals surface area contributed by atoms with Gasteiger partial charge >= 0.3 is 6.03 Å². The zero-order valence-corrected chi connectivity index (χ0v) is 22.4. The lowest BCUT2D eigenvalue weighted by atomic mass is 10.1. The number of anilines is 2. The summed E-state index contributed by atoms with van der Waals surface area (Å²) in [6, 6.07) is 17.7. The van der Waals surface area contributed by atoms with E-state index < -0.39 is 17.8 Å². The van der Waals surface area contributed by atoms with Crippen molar-refractivity contribution in [2.75, 3.05) is 30.5 Å². The van der Waals surface area contributed by atoms with Crippen molar-refractivity contribution in [3.8, 4) is 17.2 Å². The summed E-state index contributed by atoms with van der Waals surface area (Å²) in [5.74, 6) is -0.811. The van der Waals surface area contributed by atoms with Gasteiger partial charge in [0.1, 0.15) is 11.3 Å². The molecule has 0 unspecified atom stereocenters. The monoisotopic (exact) mass is 543 g/mol. The fourth-order valence-electron chi connectivity index (χ4n) is 3.86. The van der Waals surface area contributed by atoms with Crippen molar-refractivity contribution < 1.29 is 33.4 Å². The summed E-state index contributed by atoms with van der Waals surface area (Å²) in [5, 5.41) is 4.95. The minimum Gasteiger partial charge on any atom is -0.493 e. The van der Waals surface area contributed by atoms with Crippen molar-refractivity contribution in [3.05, 3.63) is 83.4 Å². The number of hydrogen-bond donors (Lipinski definition) is 2. The number of benzene rings is 3. The van der Waals surface area contributed by atoms with Crippen molar-refractivity contribution in [3.63, 3.8) is 0 Å². The van der Waals surface area contributed by atoms with Gasteiger partial charge in [-0.3, -0.25) is 19.7 Å². The molecular formula is C30H29N3O7. The third kappa shape index (κ3) is 6.65. The molecule has 3 aromatic carbocycles. The number of imide groups is 2. The number of urea groups is 1. The van der Waals surface area contributed by atoms with Crippen LogP contribution < -0.4 is 29.7 Å². The summed E-state index contributed by atoms with van der Waals surface area (Å²) in [7, 11) is 1.45. The standard InChI is InChI=1S/C30H29N3O7/c1-4-14-39-25-13-12-22(17-26(25)38-3)33-29(36)24(28(35)32-30(33)37)16-20-6-5-7-23(15-20)40-18-27(34)31-21-10-8-19(2)9-11-21/h5-13,15-17H,4,14,18H2,1-3H3,(H,31,34)(H,32,35,37)/b24-16-. The van der Waals surface area contributed by atoms with Crippen LogP contribution in [0, 0.1) is 6.92 Å². The van der Waals surface area contributed by atoms with Crippen LogP contribution in [0.4, 0.5) is 16.2 Å². The van der Waals surface area contributed by atoms with Gasteiger partial charge in [-0.1, -0.05) is 36.8 Å². The molecule has 4 rings (SSSR count). The number of rotatable bonds is 10. The largest absolute Gasteiger partial charge is 0.493 e. The third-order valence-electron chi connectivity index (χ3n) is 5.84. The highest BCUT2D eigenvalue weighted by Crippen LogP contribution is 2.33. The van der Waals surface area contributed by atoms with Crippen LogP contribution in [0.2, 0.25) is 0 Å². The van der Waals surface area contributed by atoms with E-state index in [0.717, 1.165) is 16.9 Å². The van der Waals surface area contributed by atoms with E-state index in [4.69, 9.17) is 14.2 Å². The first-order valence-corrected chi connectivity index (χ1v) is 12.6. The molecule has 0 saturated carbocycles. The number of barbiturate groups is 1. The lowest BCUT2D eigenvalue weighted by Crippen LogP contribution is -2.54. The third-order valence-corrected chi connectivity index (χ3v) is 5.84. The number of methoxy groups -OCH3 is 1. The van der Waals surface area contributed by atoms with Gasteiger partial charge in [-0.05, 0) is 61.4 Å². The van der Waals surface area contributed by atoms with Gasteiger partial charge < -0.3 is 19.5 Å². The summed E-state index contributed by atoms with van der Waals surface area (Å²) >= 11 is 0. The number of nitrogens with one attached hydrogen (secondary N) is 2. The second kappa shape index (κ2) is 12.6. The van der Waals surface area contributed by atoms with Crippen molar-refractivity contribution in [1.29, 1.82) is 0 Å². The molecule has 10 nitrogen and oxygen atoms in total. The number of ether oxygens (including phenoxy) is 3. The highest BCUT2D eigenvalue weighted by Gasteiger charge is 2.37. The lowest BCUT2D eigenvalue weighted by Gasteiger charge is -2.27. The van der Waals surface area contributed by atoms with Crippen molar-refractivity contribution >= 4 is 41.2 Å². The van der Waals surface area contributed by atoms with Gasteiger partial charge in [0.05, 0.1) is 19.4 Å². The lowest BCUT2D eigenvalue weighted by molar-refractivity contribution is -0.122. The van der Waals surface area contributed by atoms with E-state index in [1.54, 1.807) is 42.5 Å². The Kier molecular flexibility index (Phi) is 8.80. The highest BCUT2D eigenvalue weighted by atomic mass is 16.5. The van der Waals surface area contributed by atoms with Crippen LogP contribution in [0.25, 0.3) is 6.08 Å². The maximum Gasteiger partial charge on any atom is 0.335 e.